The maximum atomic E-state index is 13.6. The Bertz CT molecular complexity index is 772. The first-order valence-electron chi connectivity index (χ1n) is 7.11. The molecule has 2 amide bonds. The minimum absolute atomic E-state index is 0.0600. The Morgan fingerprint density at radius 2 is 2.13 bits per heavy atom. The number of aromatic nitrogens is 1. The highest BCUT2D eigenvalue weighted by atomic mass is 19.1. The van der Waals surface area contributed by atoms with Crippen molar-refractivity contribution >= 4 is 11.8 Å². The lowest BCUT2D eigenvalue weighted by atomic mass is 10.1. The average Bonchev–Trinajstić information content (AvgIpc) is 3.00. The van der Waals surface area contributed by atoms with Gasteiger partial charge < -0.3 is 14.8 Å². The predicted octanol–water partition coefficient (Wildman–Crippen LogP) is 1.54. The first-order valence-corrected chi connectivity index (χ1v) is 7.11. The van der Waals surface area contributed by atoms with Gasteiger partial charge in [0.15, 0.2) is 0 Å². The lowest BCUT2D eigenvalue weighted by Crippen LogP contribution is -2.53. The van der Waals surface area contributed by atoms with Gasteiger partial charge in [-0.1, -0.05) is 0 Å². The van der Waals surface area contributed by atoms with E-state index in [1.165, 1.54) is 4.90 Å². The second kappa shape index (κ2) is 5.83. The van der Waals surface area contributed by atoms with Gasteiger partial charge in [0.25, 0.3) is 5.91 Å². The van der Waals surface area contributed by atoms with Crippen LogP contribution in [-0.2, 0) is 17.9 Å². The highest BCUT2D eigenvalue weighted by Gasteiger charge is 2.33. The van der Waals surface area contributed by atoms with E-state index in [1.54, 1.807) is 29.9 Å². The van der Waals surface area contributed by atoms with Crippen LogP contribution in [0.15, 0.2) is 36.5 Å². The lowest BCUT2D eigenvalue weighted by molar-refractivity contribution is -0.126. The Morgan fingerprint density at radius 1 is 1.35 bits per heavy atom. The van der Waals surface area contributed by atoms with Crippen molar-refractivity contribution < 1.29 is 18.4 Å². The third-order valence-corrected chi connectivity index (χ3v) is 3.97. The molecule has 1 N–H and O–H groups in total. The predicted molar refractivity (Wildman–Crippen MR) is 78.5 cm³/mol. The zero-order valence-corrected chi connectivity index (χ0v) is 12.4. The standard InChI is InChI=1S/C16H15F2N3O2/c1-20-14(9-21-6-2-3-13(21)16(20)23)15(22)19-8-10-7-11(17)4-5-12(10)18/h2-7,14H,8-9H2,1H3,(H,19,22). The summed E-state index contributed by atoms with van der Waals surface area (Å²) in [6, 6.07) is 5.80. The van der Waals surface area contributed by atoms with Crippen LogP contribution in [0.3, 0.4) is 0 Å². The monoisotopic (exact) mass is 319 g/mol. The van der Waals surface area contributed by atoms with E-state index in [0.717, 1.165) is 18.2 Å². The van der Waals surface area contributed by atoms with Crippen molar-refractivity contribution in [2.75, 3.05) is 7.05 Å². The fourth-order valence-corrected chi connectivity index (χ4v) is 2.64. The van der Waals surface area contributed by atoms with Gasteiger partial charge in [-0.15, -0.1) is 0 Å². The van der Waals surface area contributed by atoms with Gasteiger partial charge in [0.05, 0.1) is 6.54 Å². The zero-order valence-electron chi connectivity index (χ0n) is 12.4. The minimum Gasteiger partial charge on any atom is -0.350 e. The topological polar surface area (TPSA) is 54.3 Å². The largest absolute Gasteiger partial charge is 0.350 e. The molecule has 0 radical (unpaired) electrons. The molecular weight excluding hydrogens is 304 g/mol. The molecule has 1 aromatic heterocycles. The molecule has 0 saturated carbocycles. The maximum Gasteiger partial charge on any atom is 0.270 e. The van der Waals surface area contributed by atoms with Crippen LogP contribution < -0.4 is 5.32 Å². The van der Waals surface area contributed by atoms with Crippen LogP contribution >= 0.6 is 0 Å². The molecule has 23 heavy (non-hydrogen) atoms. The molecule has 0 fully saturated rings. The summed E-state index contributed by atoms with van der Waals surface area (Å²) in [4.78, 5) is 25.9. The van der Waals surface area contributed by atoms with E-state index in [0.29, 0.717) is 12.2 Å². The van der Waals surface area contributed by atoms with Gasteiger partial charge in [0.1, 0.15) is 23.4 Å². The Labute approximate surface area is 131 Å². The lowest BCUT2D eigenvalue weighted by Gasteiger charge is -2.32. The molecule has 2 aromatic rings. The number of hydrogen-bond acceptors (Lipinski definition) is 2. The number of nitrogens with zero attached hydrogens (tertiary/aromatic N) is 2. The molecule has 3 rings (SSSR count). The third kappa shape index (κ3) is 2.81. The molecule has 7 heteroatoms. The SMILES string of the molecule is CN1C(=O)c2cccn2CC1C(=O)NCc1cc(F)ccc1F. The van der Waals surface area contributed by atoms with Crippen molar-refractivity contribution in [1.29, 1.82) is 0 Å². The van der Waals surface area contributed by atoms with Gasteiger partial charge in [-0.3, -0.25) is 9.59 Å². The van der Waals surface area contributed by atoms with E-state index >= 15 is 0 Å². The molecule has 1 atom stereocenters. The number of hydrogen-bond donors (Lipinski definition) is 1. The van der Waals surface area contributed by atoms with E-state index in [9.17, 15) is 18.4 Å². The summed E-state index contributed by atoms with van der Waals surface area (Å²) in [5, 5.41) is 2.56. The number of likely N-dealkylation sites (N-methyl/N-ethyl adjacent to an activating group) is 1. The van der Waals surface area contributed by atoms with Gasteiger partial charge in [0.2, 0.25) is 5.91 Å². The first-order chi connectivity index (χ1) is 11.0. The molecule has 120 valence electrons. The molecule has 1 unspecified atom stereocenters. The van der Waals surface area contributed by atoms with Gasteiger partial charge in [0, 0.05) is 25.4 Å². The van der Waals surface area contributed by atoms with Gasteiger partial charge in [-0.25, -0.2) is 8.78 Å². The Balaban J connectivity index is 1.71. The van der Waals surface area contributed by atoms with Gasteiger partial charge in [-0.05, 0) is 30.3 Å². The van der Waals surface area contributed by atoms with Crippen molar-refractivity contribution in [1.82, 2.24) is 14.8 Å². The van der Waals surface area contributed by atoms with Crippen LogP contribution in [0.2, 0.25) is 0 Å². The van der Waals surface area contributed by atoms with Crippen LogP contribution in [0, 0.1) is 11.6 Å². The number of halogens is 2. The zero-order chi connectivity index (χ0) is 16.6. The molecule has 1 aromatic carbocycles. The third-order valence-electron chi connectivity index (χ3n) is 3.97. The summed E-state index contributed by atoms with van der Waals surface area (Å²) in [6.07, 6.45) is 1.73. The molecule has 0 aliphatic carbocycles. The Kier molecular flexibility index (Phi) is 3.85. The normalized spacial score (nSPS) is 17.1. The molecule has 0 saturated heterocycles. The minimum atomic E-state index is -0.695. The summed E-state index contributed by atoms with van der Waals surface area (Å²) in [7, 11) is 1.55. The highest BCUT2D eigenvalue weighted by Crippen LogP contribution is 2.17. The molecule has 1 aliphatic heterocycles. The molecule has 5 nitrogen and oxygen atoms in total. The van der Waals surface area contributed by atoms with E-state index in [1.807, 2.05) is 0 Å². The molecule has 1 aliphatic rings. The Morgan fingerprint density at radius 3 is 2.91 bits per heavy atom. The summed E-state index contributed by atoms with van der Waals surface area (Å²) in [5.74, 6) is -1.83. The number of rotatable bonds is 3. The number of fused-ring (bicyclic) bond motifs is 1. The fraction of sp³-hybridized carbons (Fsp3) is 0.250. The van der Waals surface area contributed by atoms with Crippen LogP contribution in [-0.4, -0.2) is 34.4 Å². The van der Waals surface area contributed by atoms with Crippen molar-refractivity contribution in [3.63, 3.8) is 0 Å². The van der Waals surface area contributed by atoms with Crippen molar-refractivity contribution in [2.24, 2.45) is 0 Å². The average molecular weight is 319 g/mol. The van der Waals surface area contributed by atoms with E-state index in [2.05, 4.69) is 5.32 Å². The number of amides is 2. The van der Waals surface area contributed by atoms with E-state index in [4.69, 9.17) is 0 Å². The molecule has 2 heterocycles. The van der Waals surface area contributed by atoms with Crippen LogP contribution in [0.1, 0.15) is 16.1 Å². The fourth-order valence-electron chi connectivity index (χ4n) is 2.64. The first kappa shape index (κ1) is 15.2. The van der Waals surface area contributed by atoms with Gasteiger partial charge >= 0.3 is 0 Å². The second-order valence-electron chi connectivity index (χ2n) is 5.43. The number of benzene rings is 1. The summed E-state index contributed by atoms with van der Waals surface area (Å²) >= 11 is 0. The van der Waals surface area contributed by atoms with Crippen molar-refractivity contribution in [2.45, 2.75) is 19.1 Å². The van der Waals surface area contributed by atoms with Crippen molar-refractivity contribution in [3.05, 3.63) is 59.4 Å². The quantitative estimate of drug-likeness (QED) is 0.933. The van der Waals surface area contributed by atoms with E-state index < -0.39 is 23.6 Å². The number of carbonyl (C=O) groups excluding carboxylic acids is 2. The molecular formula is C16H15F2N3O2. The number of carbonyl (C=O) groups is 2. The smallest absolute Gasteiger partial charge is 0.270 e. The van der Waals surface area contributed by atoms with Crippen LogP contribution in [0.4, 0.5) is 8.78 Å². The number of nitrogens with one attached hydrogen (secondary N) is 1. The summed E-state index contributed by atoms with van der Waals surface area (Å²) in [5.41, 5.74) is 0.581. The molecule has 0 spiro atoms. The van der Waals surface area contributed by atoms with Gasteiger partial charge in [-0.2, -0.15) is 0 Å². The summed E-state index contributed by atoms with van der Waals surface area (Å²) in [6.45, 7) is 0.182. The maximum absolute atomic E-state index is 13.6. The van der Waals surface area contributed by atoms with Crippen molar-refractivity contribution in [3.8, 4) is 0 Å². The highest BCUT2D eigenvalue weighted by molar-refractivity contribution is 5.97. The van der Waals surface area contributed by atoms with Crippen LogP contribution in [0.5, 0.6) is 0 Å². The Hall–Kier alpha value is -2.70. The molecule has 0 bridgehead atoms. The van der Waals surface area contributed by atoms with Crippen LogP contribution in [0.25, 0.3) is 0 Å². The van der Waals surface area contributed by atoms with E-state index in [-0.39, 0.29) is 18.0 Å². The summed E-state index contributed by atoms with van der Waals surface area (Å²) < 4.78 is 28.4. The second-order valence-corrected chi connectivity index (χ2v) is 5.43.